The van der Waals surface area contributed by atoms with Crippen molar-refractivity contribution < 1.29 is 28.7 Å². The van der Waals surface area contributed by atoms with Crippen LogP contribution in [0.3, 0.4) is 0 Å². The smallest absolute Gasteiger partial charge is 0.289 e. The molecule has 3 fully saturated rings. The minimum absolute atomic E-state index is 0.0263. The first-order valence-electron chi connectivity index (χ1n) is 14.1. The van der Waals surface area contributed by atoms with Crippen LogP contribution in [0.2, 0.25) is 0 Å². The Hall–Kier alpha value is -3.89. The maximum atomic E-state index is 13.9. The minimum atomic E-state index is -1.17. The fourth-order valence-corrected chi connectivity index (χ4v) is 6.56. The van der Waals surface area contributed by atoms with E-state index < -0.39 is 35.6 Å². The van der Waals surface area contributed by atoms with Gasteiger partial charge in [-0.15, -0.1) is 0 Å². The largest absolute Gasteiger partial charge is 0.496 e. The number of methoxy groups -OCH3 is 1. The predicted octanol–water partition coefficient (Wildman–Crippen LogP) is 1.52. The minimum Gasteiger partial charge on any atom is -0.496 e. The van der Waals surface area contributed by atoms with Crippen molar-refractivity contribution in [3.05, 3.63) is 30.0 Å². The molecule has 5 atom stereocenters. The normalized spacial score (nSPS) is 24.6. The fraction of sp³-hybridized carbons (Fsp3) is 0.552. The Balaban J connectivity index is 1.40. The summed E-state index contributed by atoms with van der Waals surface area (Å²) in [5.41, 5.74) is 1.10. The number of carbonyl (C=O) groups excluding carboxylic acids is 5. The molecule has 1 saturated carbocycles. The van der Waals surface area contributed by atoms with E-state index in [1.54, 1.807) is 31.9 Å². The topological polar surface area (TPSA) is 150 Å². The van der Waals surface area contributed by atoms with E-state index in [-0.39, 0.29) is 36.1 Å². The average molecular weight is 552 g/mol. The van der Waals surface area contributed by atoms with Gasteiger partial charge in [-0.3, -0.25) is 24.0 Å². The highest BCUT2D eigenvalue weighted by atomic mass is 16.5. The van der Waals surface area contributed by atoms with Crippen LogP contribution in [0.25, 0.3) is 10.9 Å². The summed E-state index contributed by atoms with van der Waals surface area (Å²) in [6.07, 6.45) is 3.22. The van der Waals surface area contributed by atoms with Crippen LogP contribution in [-0.2, 0) is 19.2 Å². The third-order valence-corrected chi connectivity index (χ3v) is 8.45. The second kappa shape index (κ2) is 11.3. The Labute approximate surface area is 232 Å². The van der Waals surface area contributed by atoms with Crippen molar-refractivity contribution in [3.8, 4) is 5.75 Å². The molecule has 214 valence electrons. The highest BCUT2D eigenvalue weighted by Gasteiger charge is 2.50. The van der Waals surface area contributed by atoms with Crippen LogP contribution >= 0.6 is 0 Å². The van der Waals surface area contributed by atoms with Crippen molar-refractivity contribution in [2.75, 3.05) is 20.2 Å². The van der Waals surface area contributed by atoms with Gasteiger partial charge in [-0.25, -0.2) is 0 Å². The van der Waals surface area contributed by atoms with Crippen LogP contribution in [0.4, 0.5) is 0 Å². The van der Waals surface area contributed by atoms with Gasteiger partial charge in [0.1, 0.15) is 17.5 Å². The number of hydrogen-bond donors (Lipinski definition) is 4. The number of ketones is 1. The molecule has 11 nitrogen and oxygen atoms in total. The third kappa shape index (κ3) is 5.29. The summed E-state index contributed by atoms with van der Waals surface area (Å²) < 4.78 is 5.44. The lowest BCUT2D eigenvalue weighted by Gasteiger charge is -2.29. The quantitative estimate of drug-likeness (QED) is 0.347. The van der Waals surface area contributed by atoms with Gasteiger partial charge in [0.15, 0.2) is 0 Å². The van der Waals surface area contributed by atoms with Gasteiger partial charge in [-0.1, -0.05) is 12.5 Å². The number of fused-ring (bicyclic) bond motifs is 2. The van der Waals surface area contributed by atoms with Crippen molar-refractivity contribution in [1.29, 1.82) is 0 Å². The molecule has 1 aromatic heterocycles. The number of aromatic amines is 1. The summed E-state index contributed by atoms with van der Waals surface area (Å²) in [4.78, 5) is 70.6. The van der Waals surface area contributed by atoms with Gasteiger partial charge in [-0.2, -0.15) is 0 Å². The van der Waals surface area contributed by atoms with Crippen molar-refractivity contribution in [2.45, 2.75) is 64.1 Å². The predicted molar refractivity (Wildman–Crippen MR) is 146 cm³/mol. The molecule has 3 aliphatic rings. The molecule has 0 bridgehead atoms. The van der Waals surface area contributed by atoms with Crippen LogP contribution in [0, 0.1) is 17.8 Å². The van der Waals surface area contributed by atoms with Crippen LogP contribution in [0.15, 0.2) is 24.3 Å². The number of H-pyrrole nitrogens is 1. The van der Waals surface area contributed by atoms with Gasteiger partial charge in [0.2, 0.25) is 17.6 Å². The summed E-state index contributed by atoms with van der Waals surface area (Å²) >= 11 is 0. The first kappa shape index (κ1) is 27.7. The summed E-state index contributed by atoms with van der Waals surface area (Å²) in [7, 11) is 1.57. The van der Waals surface area contributed by atoms with E-state index in [9.17, 15) is 24.0 Å². The fourth-order valence-electron chi connectivity index (χ4n) is 6.56. The summed E-state index contributed by atoms with van der Waals surface area (Å²) in [5, 5.41) is 8.90. The van der Waals surface area contributed by atoms with E-state index in [1.807, 2.05) is 18.2 Å². The molecule has 11 heteroatoms. The van der Waals surface area contributed by atoms with Gasteiger partial charge in [0.05, 0.1) is 13.2 Å². The number of benzene rings is 1. The van der Waals surface area contributed by atoms with Crippen molar-refractivity contribution in [2.24, 2.45) is 17.8 Å². The van der Waals surface area contributed by atoms with Crippen LogP contribution in [-0.4, -0.2) is 77.6 Å². The maximum absolute atomic E-state index is 13.9. The van der Waals surface area contributed by atoms with E-state index in [1.165, 1.54) is 0 Å². The summed E-state index contributed by atoms with van der Waals surface area (Å²) in [5.74, 6) is -2.27. The highest BCUT2D eigenvalue weighted by molar-refractivity contribution is 6.38. The Kier molecular flexibility index (Phi) is 7.82. The number of aromatic nitrogens is 1. The zero-order valence-electron chi connectivity index (χ0n) is 23.1. The molecule has 0 spiro atoms. The molecule has 40 heavy (non-hydrogen) atoms. The second-order valence-electron chi connectivity index (χ2n) is 11.4. The molecule has 1 unspecified atom stereocenters. The van der Waals surface area contributed by atoms with Gasteiger partial charge in [0, 0.05) is 36.0 Å². The standard InChI is InChI=1S/C29H37N5O6/c1-15(2)31-28(38)25(35)21(12-16-10-11-30-26(16)36)33-27(37)24-18-7-4-6-17(18)14-34(24)29(39)22-13-19-20(32-22)8-5-9-23(19)40-3/h5,8-9,13,15-18,21,24,32H,4,6-7,10-12,14H2,1-3H3,(H,30,36)(H,31,38)(H,33,37)/t16-,17-,18-,21?,24-/m0/s1. The monoisotopic (exact) mass is 551 g/mol. The van der Waals surface area contributed by atoms with E-state index in [0.29, 0.717) is 31.0 Å². The number of hydrogen-bond acceptors (Lipinski definition) is 6. The van der Waals surface area contributed by atoms with Crippen LogP contribution < -0.4 is 20.7 Å². The van der Waals surface area contributed by atoms with E-state index >= 15 is 0 Å². The number of amides is 4. The molecule has 0 radical (unpaired) electrons. The lowest BCUT2D eigenvalue weighted by Crippen LogP contribution is -2.55. The summed E-state index contributed by atoms with van der Waals surface area (Å²) in [6.45, 7) is 4.40. The molecule has 1 aromatic carbocycles. The van der Waals surface area contributed by atoms with Gasteiger partial charge < -0.3 is 30.6 Å². The number of nitrogens with zero attached hydrogens (tertiary/aromatic N) is 1. The number of rotatable bonds is 9. The van der Waals surface area contributed by atoms with Gasteiger partial charge in [0.25, 0.3) is 11.8 Å². The lowest BCUT2D eigenvalue weighted by molar-refractivity contribution is -0.141. The third-order valence-electron chi connectivity index (χ3n) is 8.45. The molecule has 2 saturated heterocycles. The molecule has 5 rings (SSSR count). The average Bonchev–Trinajstić information content (AvgIpc) is 3.70. The number of carbonyl (C=O) groups is 5. The lowest BCUT2D eigenvalue weighted by atomic mass is 9.91. The molecular weight excluding hydrogens is 514 g/mol. The first-order valence-corrected chi connectivity index (χ1v) is 14.1. The highest BCUT2D eigenvalue weighted by Crippen LogP contribution is 2.43. The van der Waals surface area contributed by atoms with E-state index in [4.69, 9.17) is 4.74 Å². The van der Waals surface area contributed by atoms with Crippen LogP contribution in [0.5, 0.6) is 5.75 Å². The number of nitrogens with one attached hydrogen (secondary N) is 4. The Morgan fingerprint density at radius 2 is 1.93 bits per heavy atom. The first-order chi connectivity index (χ1) is 19.2. The zero-order valence-corrected chi connectivity index (χ0v) is 23.1. The number of likely N-dealkylation sites (tertiary alicyclic amines) is 1. The van der Waals surface area contributed by atoms with Gasteiger partial charge in [-0.05, 0) is 69.6 Å². The molecule has 1 aliphatic carbocycles. The molecule has 3 heterocycles. The molecule has 2 aromatic rings. The van der Waals surface area contributed by atoms with E-state index in [2.05, 4.69) is 20.9 Å². The van der Waals surface area contributed by atoms with Crippen molar-refractivity contribution >= 4 is 40.3 Å². The number of Topliss-reactive ketones (excluding diaryl/α,β-unsaturated/α-hetero) is 1. The SMILES string of the molecule is COc1cccc2[nH]c(C(=O)N3C[C@@H]4CCC[C@@H]4[C@H]3C(=O)NC(C[C@@H]3CCNC3=O)C(=O)C(=O)NC(C)C)cc12. The van der Waals surface area contributed by atoms with Gasteiger partial charge >= 0.3 is 0 Å². The Morgan fingerprint density at radius 3 is 2.62 bits per heavy atom. The van der Waals surface area contributed by atoms with Crippen LogP contribution in [0.1, 0.15) is 56.4 Å². The Morgan fingerprint density at radius 1 is 1.12 bits per heavy atom. The van der Waals surface area contributed by atoms with Crippen molar-refractivity contribution in [1.82, 2.24) is 25.8 Å². The summed E-state index contributed by atoms with van der Waals surface area (Å²) in [6, 6.07) is 5.02. The number of ether oxygens (including phenoxy) is 1. The maximum Gasteiger partial charge on any atom is 0.289 e. The second-order valence-corrected chi connectivity index (χ2v) is 11.4. The van der Waals surface area contributed by atoms with E-state index in [0.717, 1.165) is 30.2 Å². The molecule has 4 amide bonds. The molecule has 2 aliphatic heterocycles. The van der Waals surface area contributed by atoms with Crippen molar-refractivity contribution in [3.63, 3.8) is 0 Å². The zero-order chi connectivity index (χ0) is 28.6. The molecular formula is C29H37N5O6. The Bertz CT molecular complexity index is 1340. The molecule has 4 N–H and O–H groups in total.